The molecule has 1 saturated carbocycles. The number of nitrogens with one attached hydrogen (secondary N) is 1. The van der Waals surface area contributed by atoms with E-state index < -0.39 is 0 Å². The third-order valence-corrected chi connectivity index (χ3v) is 3.98. The Morgan fingerprint density at radius 2 is 2.18 bits per heavy atom. The van der Waals surface area contributed by atoms with Crippen LogP contribution < -0.4 is 10.1 Å². The van der Waals surface area contributed by atoms with Crippen LogP contribution in [-0.2, 0) is 0 Å². The Bertz CT molecular complexity index is 441. The van der Waals surface area contributed by atoms with Gasteiger partial charge in [-0.2, -0.15) is 0 Å². The summed E-state index contributed by atoms with van der Waals surface area (Å²) in [6, 6.07) is 5.41. The van der Waals surface area contributed by atoms with E-state index in [1.54, 1.807) is 13.2 Å². The first-order valence-electron chi connectivity index (χ1n) is 5.70. The minimum absolute atomic E-state index is 0.0282. The molecule has 0 bridgehead atoms. The van der Waals surface area contributed by atoms with Gasteiger partial charge in [0.2, 0.25) is 0 Å². The van der Waals surface area contributed by atoms with Gasteiger partial charge in [0, 0.05) is 10.0 Å². The summed E-state index contributed by atoms with van der Waals surface area (Å²) in [5.74, 6) is 0.648. The van der Waals surface area contributed by atoms with Crippen LogP contribution in [0.25, 0.3) is 0 Å². The maximum atomic E-state index is 12.1. The Kier molecular flexibility index (Phi) is 3.43. The number of methoxy groups -OCH3 is 1. The molecule has 0 aliphatic heterocycles. The number of amides is 1. The van der Waals surface area contributed by atoms with Crippen LogP contribution in [0.3, 0.4) is 0 Å². The lowest BCUT2D eigenvalue weighted by molar-refractivity contribution is 0.0849. The van der Waals surface area contributed by atoms with Gasteiger partial charge < -0.3 is 10.1 Å². The summed E-state index contributed by atoms with van der Waals surface area (Å²) in [5, 5.41) is 3.08. The molecule has 1 aromatic carbocycles. The molecule has 0 aromatic heterocycles. The number of hydrogen-bond donors (Lipinski definition) is 1. The predicted molar refractivity (Wildman–Crippen MR) is 70.4 cm³/mol. The molecule has 3 nitrogen and oxygen atoms in total. The van der Waals surface area contributed by atoms with Crippen molar-refractivity contribution in [3.8, 4) is 5.75 Å². The molecule has 0 atom stereocenters. The zero-order valence-electron chi connectivity index (χ0n) is 10.0. The third-order valence-electron chi connectivity index (χ3n) is 3.29. The van der Waals surface area contributed by atoms with Gasteiger partial charge in [0.05, 0.1) is 12.7 Å². The summed E-state index contributed by atoms with van der Waals surface area (Å²) in [6.07, 6.45) is 3.30. The van der Waals surface area contributed by atoms with Crippen molar-refractivity contribution in [1.82, 2.24) is 5.32 Å². The Morgan fingerprint density at radius 1 is 1.47 bits per heavy atom. The molecule has 1 N–H and O–H groups in total. The summed E-state index contributed by atoms with van der Waals surface area (Å²) in [5.41, 5.74) is 0.594. The lowest BCUT2D eigenvalue weighted by Crippen LogP contribution is -2.51. The van der Waals surface area contributed by atoms with E-state index in [4.69, 9.17) is 4.74 Å². The SMILES string of the molecule is COc1ccc(Br)c(C(=O)NC2(C)CCC2)c1. The van der Waals surface area contributed by atoms with E-state index >= 15 is 0 Å². The largest absolute Gasteiger partial charge is 0.497 e. The van der Waals surface area contributed by atoms with E-state index in [-0.39, 0.29) is 11.4 Å². The van der Waals surface area contributed by atoms with Crippen molar-refractivity contribution in [1.29, 1.82) is 0 Å². The Balaban J connectivity index is 2.18. The quantitative estimate of drug-likeness (QED) is 0.931. The topological polar surface area (TPSA) is 38.3 Å². The van der Waals surface area contributed by atoms with Crippen molar-refractivity contribution in [3.05, 3.63) is 28.2 Å². The average molecular weight is 298 g/mol. The highest BCUT2D eigenvalue weighted by Crippen LogP contribution is 2.32. The molecule has 4 heteroatoms. The van der Waals surface area contributed by atoms with Crippen LogP contribution in [0.4, 0.5) is 0 Å². The maximum absolute atomic E-state index is 12.1. The summed E-state index contributed by atoms with van der Waals surface area (Å²) in [6.45, 7) is 2.09. The number of carbonyl (C=O) groups is 1. The standard InChI is InChI=1S/C13H16BrNO2/c1-13(6-3-7-13)15-12(16)10-8-9(17-2)4-5-11(10)14/h4-5,8H,3,6-7H2,1-2H3,(H,15,16). The number of ether oxygens (including phenoxy) is 1. The molecule has 2 rings (SSSR count). The first kappa shape index (κ1) is 12.4. The van der Waals surface area contributed by atoms with E-state index in [0.717, 1.165) is 17.3 Å². The molecule has 1 amide bonds. The zero-order valence-corrected chi connectivity index (χ0v) is 11.6. The van der Waals surface area contributed by atoms with Crippen molar-refractivity contribution < 1.29 is 9.53 Å². The molecule has 0 saturated heterocycles. The molecule has 1 aliphatic rings. The molecule has 1 aromatic rings. The van der Waals surface area contributed by atoms with Crippen LogP contribution in [-0.4, -0.2) is 18.6 Å². The van der Waals surface area contributed by atoms with Gasteiger partial charge in [-0.15, -0.1) is 0 Å². The number of rotatable bonds is 3. The second kappa shape index (κ2) is 4.69. The van der Waals surface area contributed by atoms with Gasteiger partial charge in [-0.3, -0.25) is 4.79 Å². The van der Waals surface area contributed by atoms with Crippen molar-refractivity contribution in [2.75, 3.05) is 7.11 Å². The van der Waals surface area contributed by atoms with E-state index in [1.807, 2.05) is 12.1 Å². The number of halogens is 1. The molecule has 0 spiro atoms. The lowest BCUT2D eigenvalue weighted by atomic mass is 9.78. The van der Waals surface area contributed by atoms with E-state index in [9.17, 15) is 4.79 Å². The monoisotopic (exact) mass is 297 g/mol. The second-order valence-electron chi connectivity index (χ2n) is 4.71. The molecule has 92 valence electrons. The summed E-state index contributed by atoms with van der Waals surface area (Å²) in [4.78, 5) is 12.1. The van der Waals surface area contributed by atoms with Gasteiger partial charge in [0.1, 0.15) is 5.75 Å². The lowest BCUT2D eigenvalue weighted by Gasteiger charge is -2.39. The molecule has 1 fully saturated rings. The minimum atomic E-state index is -0.0435. The van der Waals surface area contributed by atoms with Crippen molar-refractivity contribution in [2.45, 2.75) is 31.7 Å². The molecule has 0 heterocycles. The second-order valence-corrected chi connectivity index (χ2v) is 5.57. The molecular weight excluding hydrogens is 282 g/mol. The minimum Gasteiger partial charge on any atom is -0.497 e. The highest BCUT2D eigenvalue weighted by atomic mass is 79.9. The Labute approximate surface area is 110 Å². The van der Waals surface area contributed by atoms with Crippen LogP contribution in [0.2, 0.25) is 0 Å². The molecule has 1 aliphatic carbocycles. The third kappa shape index (κ3) is 2.63. The van der Waals surface area contributed by atoms with Crippen molar-refractivity contribution >= 4 is 21.8 Å². The van der Waals surface area contributed by atoms with Gasteiger partial charge >= 0.3 is 0 Å². The van der Waals surface area contributed by atoms with Crippen LogP contribution in [0.1, 0.15) is 36.5 Å². The van der Waals surface area contributed by atoms with E-state index in [0.29, 0.717) is 11.3 Å². The molecule has 0 unspecified atom stereocenters. The van der Waals surface area contributed by atoms with Crippen molar-refractivity contribution in [2.24, 2.45) is 0 Å². The van der Waals surface area contributed by atoms with Crippen LogP contribution in [0.15, 0.2) is 22.7 Å². The van der Waals surface area contributed by atoms with Gasteiger partial charge in [0.25, 0.3) is 5.91 Å². The van der Waals surface area contributed by atoms with Gasteiger partial charge in [-0.25, -0.2) is 0 Å². The fourth-order valence-corrected chi connectivity index (χ4v) is 2.41. The average Bonchev–Trinajstić information content (AvgIpc) is 2.27. The fraction of sp³-hybridized carbons (Fsp3) is 0.462. The summed E-state index contributed by atoms with van der Waals surface area (Å²) >= 11 is 3.39. The molecular formula is C13H16BrNO2. The van der Waals surface area contributed by atoms with Gasteiger partial charge in [-0.05, 0) is 60.3 Å². The van der Waals surface area contributed by atoms with Crippen LogP contribution in [0.5, 0.6) is 5.75 Å². The highest BCUT2D eigenvalue weighted by molar-refractivity contribution is 9.10. The van der Waals surface area contributed by atoms with Gasteiger partial charge in [-0.1, -0.05) is 0 Å². The predicted octanol–water partition coefficient (Wildman–Crippen LogP) is 3.13. The Morgan fingerprint density at radius 3 is 2.71 bits per heavy atom. The first-order valence-corrected chi connectivity index (χ1v) is 6.49. The van der Waals surface area contributed by atoms with Gasteiger partial charge in [0.15, 0.2) is 0 Å². The summed E-state index contributed by atoms with van der Waals surface area (Å²) in [7, 11) is 1.60. The van der Waals surface area contributed by atoms with Crippen molar-refractivity contribution in [3.63, 3.8) is 0 Å². The normalized spacial score (nSPS) is 17.1. The Hall–Kier alpha value is -1.03. The van der Waals surface area contributed by atoms with E-state index in [1.165, 1.54) is 6.42 Å². The number of hydrogen-bond acceptors (Lipinski definition) is 2. The first-order chi connectivity index (χ1) is 8.04. The summed E-state index contributed by atoms with van der Waals surface area (Å²) < 4.78 is 5.92. The highest BCUT2D eigenvalue weighted by Gasteiger charge is 2.33. The zero-order chi connectivity index (χ0) is 12.5. The van der Waals surface area contributed by atoms with Crippen LogP contribution >= 0.6 is 15.9 Å². The fourth-order valence-electron chi connectivity index (χ4n) is 1.98. The molecule has 17 heavy (non-hydrogen) atoms. The molecule has 0 radical (unpaired) electrons. The maximum Gasteiger partial charge on any atom is 0.252 e. The van der Waals surface area contributed by atoms with E-state index in [2.05, 4.69) is 28.2 Å². The van der Waals surface area contributed by atoms with Crippen LogP contribution in [0, 0.1) is 0 Å². The number of carbonyl (C=O) groups excluding carboxylic acids is 1. The smallest absolute Gasteiger partial charge is 0.252 e. The number of benzene rings is 1.